The van der Waals surface area contributed by atoms with Gasteiger partial charge in [0, 0.05) is 5.56 Å². The minimum Gasteiger partial charge on any atom is -0.508 e. The number of fused-ring (bicyclic) bond motifs is 1. The predicted molar refractivity (Wildman–Crippen MR) is 76.2 cm³/mol. The van der Waals surface area contributed by atoms with Crippen molar-refractivity contribution in [3.8, 4) is 16.3 Å². The van der Waals surface area contributed by atoms with Gasteiger partial charge in [-0.25, -0.2) is 4.98 Å². The van der Waals surface area contributed by atoms with Gasteiger partial charge < -0.3 is 5.11 Å². The minimum atomic E-state index is 0.300. The molecule has 2 aromatic carbocycles. The topological polar surface area (TPSA) is 33.1 Å². The van der Waals surface area contributed by atoms with Crippen molar-refractivity contribution in [3.63, 3.8) is 0 Å². The van der Waals surface area contributed by atoms with E-state index in [-0.39, 0.29) is 0 Å². The Morgan fingerprint density at radius 1 is 1.06 bits per heavy atom. The molecule has 0 unspecified atom stereocenters. The maximum Gasteiger partial charge on any atom is 0.124 e. The fourth-order valence-corrected chi connectivity index (χ4v) is 3.22. The first-order valence-corrected chi connectivity index (χ1v) is 6.63. The van der Waals surface area contributed by atoms with Gasteiger partial charge in [-0.05, 0) is 49.2 Å². The number of phenolic OH excluding ortho intramolecular Hbond substituents is 1. The van der Waals surface area contributed by atoms with Crippen molar-refractivity contribution in [1.82, 2.24) is 4.98 Å². The summed E-state index contributed by atoms with van der Waals surface area (Å²) in [5.74, 6) is 0.300. The molecule has 0 fully saturated rings. The SMILES string of the molecule is Cc1cc(O)ccc1-c1nc2c(C)cccc2s1. The number of nitrogens with zero attached hydrogens (tertiary/aromatic N) is 1. The summed E-state index contributed by atoms with van der Waals surface area (Å²) in [7, 11) is 0. The van der Waals surface area contributed by atoms with Gasteiger partial charge in [-0.1, -0.05) is 12.1 Å². The van der Waals surface area contributed by atoms with Gasteiger partial charge >= 0.3 is 0 Å². The minimum absolute atomic E-state index is 0.300. The smallest absolute Gasteiger partial charge is 0.124 e. The first kappa shape index (κ1) is 11.2. The molecule has 3 aromatic rings. The number of hydrogen-bond acceptors (Lipinski definition) is 3. The van der Waals surface area contributed by atoms with E-state index in [1.807, 2.05) is 13.0 Å². The summed E-state index contributed by atoms with van der Waals surface area (Å²) in [6.07, 6.45) is 0. The molecule has 0 bridgehead atoms. The Morgan fingerprint density at radius 3 is 2.61 bits per heavy atom. The van der Waals surface area contributed by atoms with Gasteiger partial charge in [0.25, 0.3) is 0 Å². The summed E-state index contributed by atoms with van der Waals surface area (Å²) >= 11 is 1.69. The van der Waals surface area contributed by atoms with Crippen LogP contribution in [-0.4, -0.2) is 10.1 Å². The Kier molecular flexibility index (Phi) is 2.56. The molecule has 0 aliphatic rings. The number of rotatable bonds is 1. The summed E-state index contributed by atoms with van der Waals surface area (Å²) < 4.78 is 1.21. The van der Waals surface area contributed by atoms with Crippen molar-refractivity contribution >= 4 is 21.6 Å². The Balaban J connectivity index is 2.23. The van der Waals surface area contributed by atoms with E-state index < -0.39 is 0 Å². The van der Waals surface area contributed by atoms with Gasteiger partial charge in [-0.2, -0.15) is 0 Å². The van der Waals surface area contributed by atoms with Crippen LogP contribution in [0.25, 0.3) is 20.8 Å². The van der Waals surface area contributed by atoms with Crippen LogP contribution in [0.1, 0.15) is 11.1 Å². The van der Waals surface area contributed by atoms with E-state index in [4.69, 9.17) is 4.98 Å². The highest BCUT2D eigenvalue weighted by Gasteiger charge is 2.10. The van der Waals surface area contributed by atoms with Crippen LogP contribution in [0.3, 0.4) is 0 Å². The van der Waals surface area contributed by atoms with Crippen molar-refractivity contribution in [2.24, 2.45) is 0 Å². The average molecular weight is 255 g/mol. The molecule has 0 spiro atoms. The van der Waals surface area contributed by atoms with Crippen molar-refractivity contribution in [3.05, 3.63) is 47.5 Å². The third-order valence-corrected chi connectivity index (χ3v) is 4.12. The van der Waals surface area contributed by atoms with E-state index in [0.717, 1.165) is 21.7 Å². The number of aromatic hydroxyl groups is 1. The van der Waals surface area contributed by atoms with Crippen LogP contribution in [0.2, 0.25) is 0 Å². The highest BCUT2D eigenvalue weighted by molar-refractivity contribution is 7.21. The van der Waals surface area contributed by atoms with E-state index in [2.05, 4.69) is 25.1 Å². The number of phenols is 1. The lowest BCUT2D eigenvalue weighted by atomic mass is 10.1. The lowest BCUT2D eigenvalue weighted by Crippen LogP contribution is -1.82. The molecule has 0 radical (unpaired) electrons. The molecule has 1 aromatic heterocycles. The van der Waals surface area contributed by atoms with Crippen LogP contribution in [0, 0.1) is 13.8 Å². The molecule has 1 heterocycles. The fourth-order valence-electron chi connectivity index (χ4n) is 2.09. The summed E-state index contributed by atoms with van der Waals surface area (Å²) in [5, 5.41) is 10.5. The molecular weight excluding hydrogens is 242 g/mol. The molecule has 90 valence electrons. The lowest BCUT2D eigenvalue weighted by molar-refractivity contribution is 0.475. The lowest BCUT2D eigenvalue weighted by Gasteiger charge is -2.01. The molecule has 0 aliphatic carbocycles. The van der Waals surface area contributed by atoms with Crippen molar-refractivity contribution in [2.45, 2.75) is 13.8 Å². The third kappa shape index (κ3) is 1.77. The van der Waals surface area contributed by atoms with E-state index in [9.17, 15) is 5.11 Å². The summed E-state index contributed by atoms with van der Waals surface area (Å²) in [4.78, 5) is 4.71. The van der Waals surface area contributed by atoms with E-state index in [0.29, 0.717) is 5.75 Å². The molecule has 0 saturated heterocycles. The first-order valence-electron chi connectivity index (χ1n) is 5.81. The molecule has 2 nitrogen and oxygen atoms in total. The highest BCUT2D eigenvalue weighted by Crippen LogP contribution is 2.34. The quantitative estimate of drug-likeness (QED) is 0.703. The molecule has 0 aliphatic heterocycles. The van der Waals surface area contributed by atoms with Gasteiger partial charge in [-0.3, -0.25) is 0 Å². The van der Waals surface area contributed by atoms with Crippen LogP contribution >= 0.6 is 11.3 Å². The predicted octanol–water partition coefficient (Wildman–Crippen LogP) is 4.29. The Morgan fingerprint density at radius 2 is 1.89 bits per heavy atom. The molecular formula is C15H13NOS. The normalized spacial score (nSPS) is 11.0. The van der Waals surface area contributed by atoms with Crippen molar-refractivity contribution in [1.29, 1.82) is 0 Å². The molecule has 18 heavy (non-hydrogen) atoms. The van der Waals surface area contributed by atoms with Gasteiger partial charge in [0.05, 0.1) is 10.2 Å². The number of para-hydroxylation sites is 1. The molecule has 3 rings (SSSR count). The summed E-state index contributed by atoms with van der Waals surface area (Å²) in [6.45, 7) is 4.07. The standard InChI is InChI=1S/C15H13NOS/c1-9-4-3-5-13-14(9)16-15(18-13)12-7-6-11(17)8-10(12)2/h3-8,17H,1-2H3. The number of hydrogen-bond donors (Lipinski definition) is 1. The summed E-state index contributed by atoms with van der Waals surface area (Å²) in [6, 6.07) is 11.6. The highest BCUT2D eigenvalue weighted by atomic mass is 32.1. The van der Waals surface area contributed by atoms with Crippen molar-refractivity contribution in [2.75, 3.05) is 0 Å². The van der Waals surface area contributed by atoms with Crippen molar-refractivity contribution < 1.29 is 5.11 Å². The average Bonchev–Trinajstić information content (AvgIpc) is 2.74. The van der Waals surface area contributed by atoms with Gasteiger partial charge in [0.1, 0.15) is 10.8 Å². The maximum absolute atomic E-state index is 9.45. The number of aryl methyl sites for hydroxylation is 2. The Labute approximate surface area is 110 Å². The van der Waals surface area contributed by atoms with Crippen LogP contribution < -0.4 is 0 Å². The zero-order valence-electron chi connectivity index (χ0n) is 10.3. The monoisotopic (exact) mass is 255 g/mol. The maximum atomic E-state index is 9.45. The Bertz CT molecular complexity index is 730. The van der Waals surface area contributed by atoms with Gasteiger partial charge in [0.2, 0.25) is 0 Å². The van der Waals surface area contributed by atoms with E-state index >= 15 is 0 Å². The van der Waals surface area contributed by atoms with Gasteiger partial charge in [0.15, 0.2) is 0 Å². The van der Waals surface area contributed by atoms with Crippen LogP contribution in [0.5, 0.6) is 5.75 Å². The third-order valence-electron chi connectivity index (χ3n) is 3.06. The summed E-state index contributed by atoms with van der Waals surface area (Å²) in [5.41, 5.74) is 4.41. The zero-order chi connectivity index (χ0) is 12.7. The molecule has 3 heteroatoms. The van der Waals surface area contributed by atoms with Gasteiger partial charge in [-0.15, -0.1) is 11.3 Å². The molecule has 0 atom stereocenters. The number of benzene rings is 2. The Hall–Kier alpha value is -1.87. The second kappa shape index (κ2) is 4.10. The number of aromatic nitrogens is 1. The second-order valence-corrected chi connectivity index (χ2v) is 5.47. The second-order valence-electron chi connectivity index (χ2n) is 4.44. The molecule has 1 N–H and O–H groups in total. The number of thiazole rings is 1. The molecule has 0 amide bonds. The van der Waals surface area contributed by atoms with E-state index in [1.165, 1.54) is 10.3 Å². The van der Waals surface area contributed by atoms with Crippen LogP contribution in [0.15, 0.2) is 36.4 Å². The first-order chi connectivity index (χ1) is 8.65. The van der Waals surface area contributed by atoms with Crippen LogP contribution in [-0.2, 0) is 0 Å². The molecule has 0 saturated carbocycles. The van der Waals surface area contributed by atoms with Crippen LogP contribution in [0.4, 0.5) is 0 Å². The fraction of sp³-hybridized carbons (Fsp3) is 0.133. The zero-order valence-corrected chi connectivity index (χ0v) is 11.1. The van der Waals surface area contributed by atoms with E-state index in [1.54, 1.807) is 23.5 Å². The largest absolute Gasteiger partial charge is 0.508 e.